The van der Waals surface area contributed by atoms with Crippen molar-refractivity contribution >= 4 is 28.5 Å². The molecule has 0 bridgehead atoms. The summed E-state index contributed by atoms with van der Waals surface area (Å²) < 4.78 is 1.98. The van der Waals surface area contributed by atoms with Gasteiger partial charge in [-0.05, 0) is 29.7 Å². The maximum absolute atomic E-state index is 12.3. The van der Waals surface area contributed by atoms with Crippen molar-refractivity contribution in [1.29, 1.82) is 0 Å². The molecule has 1 amide bonds. The molecular formula is C20H22ClN3O. The maximum Gasteiger partial charge on any atom is 0.240 e. The van der Waals surface area contributed by atoms with Gasteiger partial charge in [0, 0.05) is 18.0 Å². The molecule has 1 N–H and O–H groups in total. The zero-order chi connectivity index (χ0) is 17.8. The van der Waals surface area contributed by atoms with Crippen LogP contribution in [-0.4, -0.2) is 22.0 Å². The molecule has 0 saturated heterocycles. The summed E-state index contributed by atoms with van der Waals surface area (Å²) in [5.41, 5.74) is 2.86. The van der Waals surface area contributed by atoms with E-state index in [1.165, 1.54) is 0 Å². The van der Waals surface area contributed by atoms with Crippen molar-refractivity contribution in [3.63, 3.8) is 0 Å². The van der Waals surface area contributed by atoms with Gasteiger partial charge in [0.05, 0.1) is 11.0 Å². The molecular weight excluding hydrogens is 334 g/mol. The Hall–Kier alpha value is -2.33. The molecule has 0 fully saturated rings. The molecule has 3 rings (SSSR count). The van der Waals surface area contributed by atoms with Crippen LogP contribution in [0.2, 0.25) is 5.02 Å². The molecule has 0 saturated carbocycles. The van der Waals surface area contributed by atoms with Crippen LogP contribution in [-0.2, 0) is 17.8 Å². The first-order chi connectivity index (χ1) is 12.0. The average molecular weight is 356 g/mol. The van der Waals surface area contributed by atoms with Crippen LogP contribution in [0, 0.1) is 5.92 Å². The van der Waals surface area contributed by atoms with Crippen molar-refractivity contribution in [2.75, 3.05) is 6.54 Å². The number of benzene rings is 2. The fraction of sp³-hybridized carbons (Fsp3) is 0.300. The van der Waals surface area contributed by atoms with E-state index in [-0.39, 0.29) is 12.5 Å². The van der Waals surface area contributed by atoms with E-state index < -0.39 is 0 Å². The molecule has 0 aliphatic heterocycles. The van der Waals surface area contributed by atoms with Gasteiger partial charge < -0.3 is 9.88 Å². The molecule has 1 heterocycles. The minimum Gasteiger partial charge on any atom is -0.354 e. The number of fused-ring (bicyclic) bond motifs is 1. The molecule has 0 radical (unpaired) electrons. The van der Waals surface area contributed by atoms with Crippen molar-refractivity contribution in [3.05, 3.63) is 64.9 Å². The van der Waals surface area contributed by atoms with Crippen LogP contribution in [0.5, 0.6) is 0 Å². The lowest BCUT2D eigenvalue weighted by molar-refractivity contribution is -0.121. The van der Waals surface area contributed by atoms with Gasteiger partial charge in [-0.2, -0.15) is 0 Å². The van der Waals surface area contributed by atoms with E-state index in [2.05, 4.69) is 19.2 Å². The number of hydrogen-bond acceptors (Lipinski definition) is 2. The third-order valence-corrected chi connectivity index (χ3v) is 4.42. The molecule has 25 heavy (non-hydrogen) atoms. The molecule has 130 valence electrons. The Morgan fingerprint density at radius 1 is 1.16 bits per heavy atom. The van der Waals surface area contributed by atoms with Gasteiger partial charge in [0.25, 0.3) is 0 Å². The quantitative estimate of drug-likeness (QED) is 0.725. The Balaban J connectivity index is 1.92. The average Bonchev–Trinajstić information content (AvgIpc) is 2.93. The second kappa shape index (κ2) is 7.70. The predicted molar refractivity (Wildman–Crippen MR) is 102 cm³/mol. The van der Waals surface area contributed by atoms with Crippen LogP contribution in [0.4, 0.5) is 0 Å². The lowest BCUT2D eigenvalue weighted by Gasteiger charge is -2.12. The van der Waals surface area contributed by atoms with Gasteiger partial charge >= 0.3 is 0 Å². The summed E-state index contributed by atoms with van der Waals surface area (Å²) in [5, 5.41) is 3.69. The Morgan fingerprint density at radius 3 is 2.64 bits per heavy atom. The highest BCUT2D eigenvalue weighted by Crippen LogP contribution is 2.22. The summed E-state index contributed by atoms with van der Waals surface area (Å²) in [6.07, 6.45) is 0.589. The van der Waals surface area contributed by atoms with Crippen molar-refractivity contribution in [3.8, 4) is 0 Å². The molecule has 0 spiro atoms. The van der Waals surface area contributed by atoms with Gasteiger partial charge in [-0.25, -0.2) is 4.98 Å². The molecule has 0 atom stereocenters. The van der Waals surface area contributed by atoms with E-state index in [1.54, 1.807) is 0 Å². The SMILES string of the molecule is CC(C)CNC(=O)Cn1c(Cc2ccccc2Cl)nc2ccccc21. The normalized spacial score (nSPS) is 11.2. The number of rotatable bonds is 6. The van der Waals surface area contributed by atoms with Crippen LogP contribution in [0.25, 0.3) is 11.0 Å². The van der Waals surface area contributed by atoms with Gasteiger partial charge in [-0.1, -0.05) is 55.8 Å². The molecule has 3 aromatic rings. The lowest BCUT2D eigenvalue weighted by atomic mass is 10.1. The largest absolute Gasteiger partial charge is 0.354 e. The number of imidazole rings is 1. The summed E-state index contributed by atoms with van der Waals surface area (Å²) in [6, 6.07) is 15.6. The fourth-order valence-electron chi connectivity index (χ4n) is 2.77. The number of nitrogens with one attached hydrogen (secondary N) is 1. The summed E-state index contributed by atoms with van der Waals surface area (Å²) >= 11 is 6.30. The monoisotopic (exact) mass is 355 g/mol. The molecule has 1 aromatic heterocycles. The lowest BCUT2D eigenvalue weighted by Crippen LogP contribution is -2.31. The zero-order valence-corrected chi connectivity index (χ0v) is 15.3. The smallest absolute Gasteiger partial charge is 0.240 e. The number of hydrogen-bond donors (Lipinski definition) is 1. The van der Waals surface area contributed by atoms with Gasteiger partial charge in [-0.15, -0.1) is 0 Å². The molecule has 2 aromatic carbocycles. The molecule has 5 heteroatoms. The van der Waals surface area contributed by atoms with E-state index in [9.17, 15) is 4.79 Å². The van der Waals surface area contributed by atoms with E-state index in [1.807, 2.05) is 53.1 Å². The van der Waals surface area contributed by atoms with Crippen molar-refractivity contribution in [1.82, 2.24) is 14.9 Å². The Kier molecular flexibility index (Phi) is 5.39. The van der Waals surface area contributed by atoms with E-state index in [0.717, 1.165) is 22.4 Å². The van der Waals surface area contributed by atoms with E-state index >= 15 is 0 Å². The minimum atomic E-state index is -0.00254. The Labute approximate surface area is 152 Å². The van der Waals surface area contributed by atoms with Gasteiger partial charge in [0.1, 0.15) is 12.4 Å². The number of amides is 1. The predicted octanol–water partition coefficient (Wildman–Crippen LogP) is 4.05. The van der Waals surface area contributed by atoms with Crippen LogP contribution in [0.3, 0.4) is 0 Å². The van der Waals surface area contributed by atoms with Crippen molar-refractivity contribution in [2.45, 2.75) is 26.8 Å². The minimum absolute atomic E-state index is 0.00254. The topological polar surface area (TPSA) is 46.9 Å². The maximum atomic E-state index is 12.3. The van der Waals surface area contributed by atoms with Crippen LogP contribution in [0.15, 0.2) is 48.5 Å². The highest BCUT2D eigenvalue weighted by atomic mass is 35.5. The van der Waals surface area contributed by atoms with Crippen LogP contribution < -0.4 is 5.32 Å². The number of carbonyl (C=O) groups excluding carboxylic acids is 1. The first kappa shape index (κ1) is 17.5. The summed E-state index contributed by atoms with van der Waals surface area (Å²) in [6.45, 7) is 5.09. The third-order valence-electron chi connectivity index (χ3n) is 4.05. The van der Waals surface area contributed by atoms with E-state index in [4.69, 9.17) is 16.6 Å². The first-order valence-electron chi connectivity index (χ1n) is 8.49. The second-order valence-electron chi connectivity index (χ2n) is 6.57. The Morgan fingerprint density at radius 2 is 1.88 bits per heavy atom. The highest BCUT2D eigenvalue weighted by Gasteiger charge is 2.15. The number of para-hydroxylation sites is 2. The van der Waals surface area contributed by atoms with Gasteiger partial charge in [0.2, 0.25) is 5.91 Å². The first-order valence-corrected chi connectivity index (χ1v) is 8.86. The number of halogens is 1. The standard InChI is InChI=1S/C20H22ClN3O/c1-14(2)12-22-20(25)13-24-18-10-6-5-9-17(18)23-19(24)11-15-7-3-4-8-16(15)21/h3-10,14H,11-13H2,1-2H3,(H,22,25). The van der Waals surface area contributed by atoms with Crippen LogP contribution >= 0.6 is 11.6 Å². The van der Waals surface area contributed by atoms with Gasteiger partial charge in [-0.3, -0.25) is 4.79 Å². The molecule has 0 aliphatic rings. The van der Waals surface area contributed by atoms with E-state index in [0.29, 0.717) is 23.9 Å². The van der Waals surface area contributed by atoms with Crippen molar-refractivity contribution in [2.24, 2.45) is 5.92 Å². The molecule has 0 unspecified atom stereocenters. The number of nitrogens with zero attached hydrogens (tertiary/aromatic N) is 2. The molecule has 4 nitrogen and oxygen atoms in total. The molecule has 0 aliphatic carbocycles. The number of carbonyl (C=O) groups is 1. The summed E-state index contributed by atoms with van der Waals surface area (Å²) in [5.74, 6) is 1.26. The van der Waals surface area contributed by atoms with Gasteiger partial charge in [0.15, 0.2) is 0 Å². The van der Waals surface area contributed by atoms with Crippen LogP contribution in [0.1, 0.15) is 25.2 Å². The third kappa shape index (κ3) is 4.20. The zero-order valence-electron chi connectivity index (χ0n) is 14.5. The van der Waals surface area contributed by atoms with Crippen molar-refractivity contribution < 1.29 is 4.79 Å². The number of aromatic nitrogens is 2. The highest BCUT2D eigenvalue weighted by molar-refractivity contribution is 6.31. The summed E-state index contributed by atoms with van der Waals surface area (Å²) in [4.78, 5) is 17.1. The fourth-order valence-corrected chi connectivity index (χ4v) is 2.97. The Bertz CT molecular complexity index is 886. The second-order valence-corrected chi connectivity index (χ2v) is 6.98. The summed E-state index contributed by atoms with van der Waals surface area (Å²) in [7, 11) is 0.